The number of ether oxygens (including phenoxy) is 4. The topological polar surface area (TPSA) is 100 Å². The number of Topliss-reactive ketones (excluding diaryl/α,β-unsaturated/α-hetero) is 1. The second kappa shape index (κ2) is 9.09. The Morgan fingerprint density at radius 2 is 1.79 bits per heavy atom. The normalized spacial score (nSPS) is 11.7. The standard InChI is InChI=1S/C21H21NO7/c1-3-26-17-6-4-14(13(2)23)8-16(17)11-27-20(24)10-22-21(25)15-5-7-18-19(9-15)29-12-28-18/h4-9H,3,10-12H2,1-2H3,(H,22,25). The van der Waals surface area contributed by atoms with Crippen LogP contribution in [0.3, 0.4) is 0 Å². The Bertz CT molecular complexity index is 939. The first kappa shape index (κ1) is 20.2. The summed E-state index contributed by atoms with van der Waals surface area (Å²) in [6.45, 7) is 3.46. The van der Waals surface area contributed by atoms with Crippen molar-refractivity contribution in [3.8, 4) is 17.2 Å². The van der Waals surface area contributed by atoms with E-state index < -0.39 is 11.9 Å². The molecule has 1 amide bonds. The largest absolute Gasteiger partial charge is 0.493 e. The monoisotopic (exact) mass is 399 g/mol. The van der Waals surface area contributed by atoms with E-state index in [-0.39, 0.29) is 25.7 Å². The number of hydrogen-bond acceptors (Lipinski definition) is 7. The average Bonchev–Trinajstić information content (AvgIpc) is 3.19. The molecule has 0 spiro atoms. The van der Waals surface area contributed by atoms with Gasteiger partial charge in [-0.05, 0) is 50.2 Å². The molecule has 8 nitrogen and oxygen atoms in total. The lowest BCUT2D eigenvalue weighted by molar-refractivity contribution is -0.143. The maximum absolute atomic E-state index is 12.2. The number of nitrogens with one attached hydrogen (secondary N) is 1. The molecule has 8 heteroatoms. The number of hydrogen-bond donors (Lipinski definition) is 1. The van der Waals surface area contributed by atoms with Gasteiger partial charge >= 0.3 is 5.97 Å². The maximum atomic E-state index is 12.2. The predicted molar refractivity (Wildman–Crippen MR) is 102 cm³/mol. The highest BCUT2D eigenvalue weighted by molar-refractivity contribution is 5.96. The minimum Gasteiger partial charge on any atom is -0.493 e. The molecule has 0 aromatic heterocycles. The third-order valence-electron chi connectivity index (χ3n) is 4.18. The van der Waals surface area contributed by atoms with Gasteiger partial charge in [-0.2, -0.15) is 0 Å². The molecule has 1 N–H and O–H groups in total. The fraction of sp³-hybridized carbons (Fsp3) is 0.286. The molecule has 0 aliphatic carbocycles. The van der Waals surface area contributed by atoms with Gasteiger partial charge in [-0.15, -0.1) is 0 Å². The van der Waals surface area contributed by atoms with Crippen LogP contribution in [0, 0.1) is 0 Å². The lowest BCUT2D eigenvalue weighted by Crippen LogP contribution is -2.30. The molecule has 0 radical (unpaired) electrons. The van der Waals surface area contributed by atoms with Gasteiger partial charge in [-0.1, -0.05) is 0 Å². The second-order valence-electron chi connectivity index (χ2n) is 6.22. The van der Waals surface area contributed by atoms with Crippen molar-refractivity contribution in [2.45, 2.75) is 20.5 Å². The van der Waals surface area contributed by atoms with Gasteiger partial charge in [0.15, 0.2) is 17.3 Å². The summed E-state index contributed by atoms with van der Waals surface area (Å²) in [5.74, 6) is 0.433. The lowest BCUT2D eigenvalue weighted by Gasteiger charge is -2.12. The smallest absolute Gasteiger partial charge is 0.325 e. The fourth-order valence-corrected chi connectivity index (χ4v) is 2.71. The number of ketones is 1. The lowest BCUT2D eigenvalue weighted by atomic mass is 10.1. The average molecular weight is 399 g/mol. The molecule has 3 rings (SSSR count). The van der Waals surface area contributed by atoms with Gasteiger partial charge in [-0.3, -0.25) is 14.4 Å². The molecule has 0 saturated heterocycles. The van der Waals surface area contributed by atoms with Crippen molar-refractivity contribution in [1.29, 1.82) is 0 Å². The van der Waals surface area contributed by atoms with E-state index in [9.17, 15) is 14.4 Å². The van der Waals surface area contributed by atoms with Crippen LogP contribution in [0.25, 0.3) is 0 Å². The van der Waals surface area contributed by atoms with E-state index in [1.54, 1.807) is 36.4 Å². The van der Waals surface area contributed by atoms with Gasteiger partial charge in [0.25, 0.3) is 5.91 Å². The molecule has 0 saturated carbocycles. The van der Waals surface area contributed by atoms with Crippen molar-refractivity contribution in [3.63, 3.8) is 0 Å². The summed E-state index contributed by atoms with van der Waals surface area (Å²) in [5.41, 5.74) is 1.42. The van der Waals surface area contributed by atoms with Gasteiger partial charge in [0, 0.05) is 16.7 Å². The Morgan fingerprint density at radius 1 is 1.03 bits per heavy atom. The quantitative estimate of drug-likeness (QED) is 0.538. The molecule has 2 aromatic rings. The number of carbonyl (C=O) groups excluding carboxylic acids is 3. The predicted octanol–water partition coefficient (Wildman–Crippen LogP) is 2.49. The highest BCUT2D eigenvalue weighted by atomic mass is 16.7. The molecule has 1 aliphatic rings. The molecule has 0 unspecified atom stereocenters. The Balaban J connectivity index is 1.55. The van der Waals surface area contributed by atoms with E-state index in [1.165, 1.54) is 6.92 Å². The summed E-state index contributed by atoms with van der Waals surface area (Å²) >= 11 is 0. The highest BCUT2D eigenvalue weighted by Crippen LogP contribution is 2.32. The molecule has 0 fully saturated rings. The van der Waals surface area contributed by atoms with Crippen LogP contribution >= 0.6 is 0 Å². The van der Waals surface area contributed by atoms with Crippen molar-refractivity contribution >= 4 is 17.7 Å². The van der Waals surface area contributed by atoms with Crippen LogP contribution < -0.4 is 19.5 Å². The SMILES string of the molecule is CCOc1ccc(C(C)=O)cc1COC(=O)CNC(=O)c1ccc2c(c1)OCO2. The molecule has 1 aliphatic heterocycles. The number of benzene rings is 2. The number of carbonyl (C=O) groups is 3. The van der Waals surface area contributed by atoms with Gasteiger partial charge < -0.3 is 24.3 Å². The van der Waals surface area contributed by atoms with Crippen LogP contribution in [0.15, 0.2) is 36.4 Å². The summed E-state index contributed by atoms with van der Waals surface area (Å²) in [6, 6.07) is 9.72. The first-order chi connectivity index (χ1) is 14.0. The fourth-order valence-electron chi connectivity index (χ4n) is 2.71. The van der Waals surface area contributed by atoms with E-state index in [1.807, 2.05) is 6.92 Å². The Hall–Kier alpha value is -3.55. The molecule has 152 valence electrons. The molecule has 2 aromatic carbocycles. The summed E-state index contributed by atoms with van der Waals surface area (Å²) in [5, 5.41) is 2.50. The van der Waals surface area contributed by atoms with Crippen molar-refractivity contribution in [3.05, 3.63) is 53.1 Å². The van der Waals surface area contributed by atoms with Crippen LogP contribution in [0.2, 0.25) is 0 Å². The van der Waals surface area contributed by atoms with Gasteiger partial charge in [-0.25, -0.2) is 0 Å². The van der Waals surface area contributed by atoms with Gasteiger partial charge in [0.05, 0.1) is 6.61 Å². The van der Waals surface area contributed by atoms with E-state index in [2.05, 4.69) is 5.32 Å². The van der Waals surface area contributed by atoms with Crippen LogP contribution in [0.4, 0.5) is 0 Å². The zero-order valence-electron chi connectivity index (χ0n) is 16.2. The van der Waals surface area contributed by atoms with E-state index >= 15 is 0 Å². The first-order valence-corrected chi connectivity index (χ1v) is 9.08. The van der Waals surface area contributed by atoms with E-state index in [0.29, 0.717) is 40.5 Å². The summed E-state index contributed by atoms with van der Waals surface area (Å²) in [7, 11) is 0. The van der Waals surface area contributed by atoms with Crippen LogP contribution in [0.5, 0.6) is 17.2 Å². The van der Waals surface area contributed by atoms with Crippen LogP contribution in [0.1, 0.15) is 40.1 Å². The number of amides is 1. The molecular formula is C21H21NO7. The van der Waals surface area contributed by atoms with Crippen LogP contribution in [-0.2, 0) is 16.1 Å². The first-order valence-electron chi connectivity index (χ1n) is 9.08. The minimum absolute atomic E-state index is 0.0742. The third-order valence-corrected chi connectivity index (χ3v) is 4.18. The highest BCUT2D eigenvalue weighted by Gasteiger charge is 2.17. The minimum atomic E-state index is -0.616. The Labute approximate surface area is 167 Å². The van der Waals surface area contributed by atoms with Crippen molar-refractivity contribution < 1.29 is 33.3 Å². The zero-order chi connectivity index (χ0) is 20.8. The number of esters is 1. The van der Waals surface area contributed by atoms with E-state index in [4.69, 9.17) is 18.9 Å². The zero-order valence-corrected chi connectivity index (χ0v) is 16.2. The molecule has 0 atom stereocenters. The number of fused-ring (bicyclic) bond motifs is 1. The number of rotatable bonds is 8. The molecule has 0 bridgehead atoms. The molecule has 29 heavy (non-hydrogen) atoms. The Morgan fingerprint density at radius 3 is 2.55 bits per heavy atom. The van der Waals surface area contributed by atoms with Crippen molar-refractivity contribution in [2.24, 2.45) is 0 Å². The van der Waals surface area contributed by atoms with Gasteiger partial charge in [0.1, 0.15) is 18.9 Å². The molecular weight excluding hydrogens is 378 g/mol. The van der Waals surface area contributed by atoms with E-state index in [0.717, 1.165) is 0 Å². The Kier molecular flexibility index (Phi) is 6.33. The van der Waals surface area contributed by atoms with Crippen LogP contribution in [-0.4, -0.2) is 37.6 Å². The van der Waals surface area contributed by atoms with Crippen molar-refractivity contribution in [2.75, 3.05) is 19.9 Å². The molecule has 1 heterocycles. The van der Waals surface area contributed by atoms with Gasteiger partial charge in [0.2, 0.25) is 6.79 Å². The third kappa shape index (κ3) is 5.04. The van der Waals surface area contributed by atoms with Crippen molar-refractivity contribution in [1.82, 2.24) is 5.32 Å². The maximum Gasteiger partial charge on any atom is 0.325 e. The second-order valence-corrected chi connectivity index (χ2v) is 6.22. The summed E-state index contributed by atoms with van der Waals surface area (Å²) < 4.78 is 21.1. The summed E-state index contributed by atoms with van der Waals surface area (Å²) in [6.07, 6.45) is 0. The summed E-state index contributed by atoms with van der Waals surface area (Å²) in [4.78, 5) is 35.8.